The predicted molar refractivity (Wildman–Crippen MR) is 59.9 cm³/mol. The molecule has 0 aliphatic heterocycles. The average Bonchev–Trinajstić information content (AvgIpc) is 2.72. The van der Waals surface area contributed by atoms with E-state index in [2.05, 4.69) is 4.98 Å². The molecule has 0 atom stereocenters. The summed E-state index contributed by atoms with van der Waals surface area (Å²) in [5.74, 6) is -1.61. The SMILES string of the molecule is CCOc1cccc2[nH]cc(C(=O)C(F)(F)F)c12. The zero-order valence-corrected chi connectivity index (χ0v) is 9.47. The van der Waals surface area contributed by atoms with Gasteiger partial charge in [0.15, 0.2) is 0 Å². The molecule has 0 unspecified atom stereocenters. The van der Waals surface area contributed by atoms with Gasteiger partial charge in [-0.05, 0) is 19.1 Å². The first-order valence-electron chi connectivity index (χ1n) is 5.29. The molecule has 0 aliphatic carbocycles. The first kappa shape index (κ1) is 12.5. The Morgan fingerprint density at radius 3 is 2.72 bits per heavy atom. The van der Waals surface area contributed by atoms with Gasteiger partial charge < -0.3 is 9.72 Å². The molecule has 2 rings (SSSR count). The van der Waals surface area contributed by atoms with Crippen molar-refractivity contribution in [1.82, 2.24) is 4.98 Å². The van der Waals surface area contributed by atoms with E-state index in [1.54, 1.807) is 19.1 Å². The van der Waals surface area contributed by atoms with E-state index in [4.69, 9.17) is 4.74 Å². The zero-order chi connectivity index (χ0) is 13.3. The first-order chi connectivity index (χ1) is 8.45. The number of aromatic nitrogens is 1. The Balaban J connectivity index is 2.62. The summed E-state index contributed by atoms with van der Waals surface area (Å²) in [5.41, 5.74) is 0.0232. The maximum atomic E-state index is 12.5. The number of halogens is 3. The molecule has 96 valence electrons. The third-order valence-corrected chi connectivity index (χ3v) is 2.47. The second kappa shape index (κ2) is 4.36. The maximum absolute atomic E-state index is 12.5. The summed E-state index contributed by atoms with van der Waals surface area (Å²) >= 11 is 0. The van der Waals surface area contributed by atoms with Crippen LogP contribution >= 0.6 is 0 Å². The Morgan fingerprint density at radius 2 is 2.11 bits per heavy atom. The van der Waals surface area contributed by atoms with Crippen LogP contribution in [0, 0.1) is 0 Å². The molecule has 0 saturated heterocycles. The Hall–Kier alpha value is -1.98. The number of Topliss-reactive ketones (excluding diaryl/α,β-unsaturated/α-hetero) is 1. The number of ketones is 1. The number of hydrogen-bond acceptors (Lipinski definition) is 2. The molecule has 0 saturated carbocycles. The minimum atomic E-state index is -4.89. The van der Waals surface area contributed by atoms with Crippen molar-refractivity contribution in [3.05, 3.63) is 30.0 Å². The number of fused-ring (bicyclic) bond motifs is 1. The van der Waals surface area contributed by atoms with Gasteiger partial charge in [-0.3, -0.25) is 4.79 Å². The highest BCUT2D eigenvalue weighted by molar-refractivity contribution is 6.12. The minimum Gasteiger partial charge on any atom is -0.493 e. The van der Waals surface area contributed by atoms with Crippen LogP contribution in [-0.4, -0.2) is 23.6 Å². The number of carbonyl (C=O) groups excluding carboxylic acids is 1. The van der Waals surface area contributed by atoms with Crippen molar-refractivity contribution in [2.24, 2.45) is 0 Å². The van der Waals surface area contributed by atoms with Gasteiger partial charge in [0.2, 0.25) is 0 Å². The summed E-state index contributed by atoms with van der Waals surface area (Å²) in [4.78, 5) is 13.9. The van der Waals surface area contributed by atoms with E-state index in [1.165, 1.54) is 6.07 Å². The molecule has 1 heterocycles. The van der Waals surface area contributed by atoms with Gasteiger partial charge in [0.1, 0.15) is 5.75 Å². The Labute approximate surface area is 101 Å². The summed E-state index contributed by atoms with van der Waals surface area (Å²) in [6.45, 7) is 2.03. The van der Waals surface area contributed by atoms with Gasteiger partial charge in [0.05, 0.1) is 17.6 Å². The molecule has 0 spiro atoms. The van der Waals surface area contributed by atoms with Gasteiger partial charge in [-0.15, -0.1) is 0 Å². The van der Waals surface area contributed by atoms with Crippen LogP contribution in [-0.2, 0) is 0 Å². The molecule has 0 radical (unpaired) electrons. The molecular formula is C12H10F3NO2. The van der Waals surface area contributed by atoms with Crippen LogP contribution in [0.5, 0.6) is 5.75 Å². The second-order valence-corrected chi connectivity index (χ2v) is 3.64. The fraction of sp³-hybridized carbons (Fsp3) is 0.250. The highest BCUT2D eigenvalue weighted by Crippen LogP contribution is 2.32. The molecule has 0 amide bonds. The van der Waals surface area contributed by atoms with E-state index in [9.17, 15) is 18.0 Å². The number of nitrogens with one attached hydrogen (secondary N) is 1. The van der Waals surface area contributed by atoms with E-state index < -0.39 is 17.5 Å². The molecule has 18 heavy (non-hydrogen) atoms. The predicted octanol–water partition coefficient (Wildman–Crippen LogP) is 3.31. The normalized spacial score (nSPS) is 11.8. The van der Waals surface area contributed by atoms with Crippen LogP contribution in [0.4, 0.5) is 13.2 Å². The minimum absolute atomic E-state index is 0.168. The molecule has 2 aromatic rings. The number of rotatable bonds is 3. The monoisotopic (exact) mass is 257 g/mol. The molecule has 1 N–H and O–H groups in total. The third-order valence-electron chi connectivity index (χ3n) is 2.47. The summed E-state index contributed by atoms with van der Waals surface area (Å²) in [6.07, 6.45) is -3.84. The maximum Gasteiger partial charge on any atom is 0.454 e. The standard InChI is InChI=1S/C12H10F3NO2/c1-2-18-9-5-3-4-8-10(9)7(6-16-8)11(17)12(13,14)15/h3-6,16H,2H2,1H3. The third kappa shape index (κ3) is 2.05. The summed E-state index contributed by atoms with van der Waals surface area (Å²) in [5, 5.41) is 0.168. The summed E-state index contributed by atoms with van der Waals surface area (Å²) in [6, 6.07) is 4.77. The fourth-order valence-corrected chi connectivity index (χ4v) is 1.76. The lowest BCUT2D eigenvalue weighted by Gasteiger charge is -2.07. The van der Waals surface area contributed by atoms with Crippen molar-refractivity contribution in [3.63, 3.8) is 0 Å². The molecule has 3 nitrogen and oxygen atoms in total. The number of H-pyrrole nitrogens is 1. The van der Waals surface area contributed by atoms with Crippen LogP contribution in [0.1, 0.15) is 17.3 Å². The number of ether oxygens (including phenoxy) is 1. The van der Waals surface area contributed by atoms with Crippen LogP contribution in [0.15, 0.2) is 24.4 Å². The van der Waals surface area contributed by atoms with E-state index in [0.29, 0.717) is 12.1 Å². The Bertz CT molecular complexity index is 587. The van der Waals surface area contributed by atoms with Gasteiger partial charge in [-0.1, -0.05) is 6.07 Å². The van der Waals surface area contributed by atoms with Crippen LogP contribution in [0.3, 0.4) is 0 Å². The van der Waals surface area contributed by atoms with Crippen molar-refractivity contribution < 1.29 is 22.7 Å². The first-order valence-corrected chi connectivity index (χ1v) is 5.29. The van der Waals surface area contributed by atoms with E-state index >= 15 is 0 Å². The molecule has 0 bridgehead atoms. The quantitative estimate of drug-likeness (QED) is 0.857. The lowest BCUT2D eigenvalue weighted by atomic mass is 10.1. The molecule has 0 fully saturated rings. The average molecular weight is 257 g/mol. The summed E-state index contributed by atoms with van der Waals surface area (Å²) in [7, 11) is 0. The van der Waals surface area contributed by atoms with E-state index in [-0.39, 0.29) is 11.1 Å². The van der Waals surface area contributed by atoms with Gasteiger partial charge in [0, 0.05) is 11.7 Å². The molecule has 1 aromatic heterocycles. The van der Waals surface area contributed by atoms with E-state index in [0.717, 1.165) is 6.20 Å². The van der Waals surface area contributed by atoms with Gasteiger partial charge >= 0.3 is 6.18 Å². The lowest BCUT2D eigenvalue weighted by Crippen LogP contribution is -2.22. The van der Waals surface area contributed by atoms with Gasteiger partial charge in [0.25, 0.3) is 5.78 Å². The Kier molecular flexibility index (Phi) is 3.02. The van der Waals surface area contributed by atoms with Crippen molar-refractivity contribution >= 4 is 16.7 Å². The van der Waals surface area contributed by atoms with Crippen LogP contribution in [0.2, 0.25) is 0 Å². The van der Waals surface area contributed by atoms with Crippen LogP contribution < -0.4 is 4.74 Å². The van der Waals surface area contributed by atoms with Gasteiger partial charge in [-0.2, -0.15) is 13.2 Å². The van der Waals surface area contributed by atoms with E-state index in [1.807, 2.05) is 0 Å². The van der Waals surface area contributed by atoms with Crippen molar-refractivity contribution in [2.75, 3.05) is 6.61 Å². The molecular weight excluding hydrogens is 247 g/mol. The second-order valence-electron chi connectivity index (χ2n) is 3.64. The van der Waals surface area contributed by atoms with Crippen molar-refractivity contribution in [1.29, 1.82) is 0 Å². The smallest absolute Gasteiger partial charge is 0.454 e. The topological polar surface area (TPSA) is 42.1 Å². The van der Waals surface area contributed by atoms with Crippen molar-refractivity contribution in [3.8, 4) is 5.75 Å². The summed E-state index contributed by atoms with van der Waals surface area (Å²) < 4.78 is 42.6. The number of hydrogen-bond donors (Lipinski definition) is 1. The van der Waals surface area contributed by atoms with Crippen LogP contribution in [0.25, 0.3) is 10.9 Å². The van der Waals surface area contributed by atoms with Crippen molar-refractivity contribution in [2.45, 2.75) is 13.1 Å². The highest BCUT2D eigenvalue weighted by atomic mass is 19.4. The number of benzene rings is 1. The number of carbonyl (C=O) groups is 1. The molecule has 6 heteroatoms. The molecule has 1 aromatic carbocycles. The molecule has 0 aliphatic rings. The zero-order valence-electron chi connectivity index (χ0n) is 9.47. The number of alkyl halides is 3. The lowest BCUT2D eigenvalue weighted by molar-refractivity contribution is -0.0884. The number of aromatic amines is 1. The largest absolute Gasteiger partial charge is 0.493 e. The highest BCUT2D eigenvalue weighted by Gasteiger charge is 2.40. The fourth-order valence-electron chi connectivity index (χ4n) is 1.76. The Morgan fingerprint density at radius 1 is 1.39 bits per heavy atom. The van der Waals surface area contributed by atoms with Gasteiger partial charge in [-0.25, -0.2) is 0 Å².